The van der Waals surface area contributed by atoms with Crippen molar-refractivity contribution in [3.05, 3.63) is 89.2 Å². The molecular weight excluding hydrogens is 569 g/mol. The van der Waals surface area contributed by atoms with E-state index in [0.29, 0.717) is 10.6 Å². The second-order valence-corrected chi connectivity index (χ2v) is 11.9. The number of anilines is 1. The number of carbonyl (C=O) groups excluding carboxylic acids is 2. The highest BCUT2D eigenvalue weighted by Gasteiger charge is 2.34. The maximum absolute atomic E-state index is 14.1. The van der Waals surface area contributed by atoms with Gasteiger partial charge in [-0.2, -0.15) is 0 Å². The minimum Gasteiger partial charge on any atom is -0.492 e. The summed E-state index contributed by atoms with van der Waals surface area (Å²) in [6, 6.07) is 16.6. The molecule has 3 rings (SSSR count). The molecule has 8 nitrogen and oxygen atoms in total. The molecule has 1 atom stereocenters. The molecule has 0 aliphatic rings. The molecule has 2 amide bonds. The summed E-state index contributed by atoms with van der Waals surface area (Å²) in [4.78, 5) is 28.5. The second-order valence-electron chi connectivity index (χ2n) is 9.60. The quantitative estimate of drug-likeness (QED) is 0.282. The summed E-state index contributed by atoms with van der Waals surface area (Å²) in [7, 11) is -4.29. The third-order valence-corrected chi connectivity index (χ3v) is 8.22. The molecule has 0 radical (unpaired) electrons. The first kappa shape index (κ1) is 31.9. The van der Waals surface area contributed by atoms with Crippen LogP contribution >= 0.6 is 11.6 Å². The Balaban J connectivity index is 2.11. The van der Waals surface area contributed by atoms with E-state index in [4.69, 9.17) is 16.3 Å². The molecule has 0 fully saturated rings. The number of carbonyl (C=O) groups is 2. The predicted molar refractivity (Wildman–Crippen MR) is 158 cm³/mol. The Bertz CT molecular complexity index is 1430. The number of nitrogens with zero attached hydrogens (tertiary/aromatic N) is 2. The fraction of sp³-hybridized carbons (Fsp3) is 0.333. The van der Waals surface area contributed by atoms with Crippen molar-refractivity contribution < 1.29 is 27.1 Å². The van der Waals surface area contributed by atoms with Crippen molar-refractivity contribution in [1.29, 1.82) is 0 Å². The van der Waals surface area contributed by atoms with Gasteiger partial charge in [0.05, 0.1) is 17.2 Å². The fourth-order valence-corrected chi connectivity index (χ4v) is 5.83. The zero-order valence-corrected chi connectivity index (χ0v) is 25.1. The largest absolute Gasteiger partial charge is 0.492 e. The SMILES string of the molecule is CCOc1ccccc1N(CC(=O)N(Cc1ccc(F)cc1)[C@@H](CC)C(=O)NC(C)C)S(=O)(=O)c1ccc(Cl)cc1. The van der Waals surface area contributed by atoms with Gasteiger partial charge in [-0.3, -0.25) is 13.9 Å². The molecule has 3 aromatic carbocycles. The number of halogens is 2. The van der Waals surface area contributed by atoms with E-state index in [-0.39, 0.29) is 47.9 Å². The first-order valence-corrected chi connectivity index (χ1v) is 15.1. The average molecular weight is 604 g/mol. The van der Waals surface area contributed by atoms with E-state index in [1.165, 1.54) is 53.4 Å². The Morgan fingerprint density at radius 3 is 2.20 bits per heavy atom. The Hall–Kier alpha value is -3.63. The minimum absolute atomic E-state index is 0.0366. The Morgan fingerprint density at radius 1 is 0.976 bits per heavy atom. The number of benzene rings is 3. The van der Waals surface area contributed by atoms with Crippen LogP contribution in [-0.4, -0.2) is 50.4 Å². The number of ether oxygens (including phenoxy) is 1. The van der Waals surface area contributed by atoms with E-state index < -0.39 is 34.3 Å². The average Bonchev–Trinajstić information content (AvgIpc) is 2.93. The lowest BCUT2D eigenvalue weighted by molar-refractivity contribution is -0.140. The van der Waals surface area contributed by atoms with Crippen LogP contribution in [0.3, 0.4) is 0 Å². The number of nitrogens with one attached hydrogen (secondary N) is 1. The molecule has 3 aromatic rings. The maximum atomic E-state index is 14.1. The van der Waals surface area contributed by atoms with Crippen LogP contribution < -0.4 is 14.4 Å². The van der Waals surface area contributed by atoms with Gasteiger partial charge in [-0.1, -0.05) is 42.8 Å². The van der Waals surface area contributed by atoms with Crippen molar-refractivity contribution in [2.75, 3.05) is 17.5 Å². The highest BCUT2D eigenvalue weighted by atomic mass is 35.5. The van der Waals surface area contributed by atoms with E-state index in [0.717, 1.165) is 4.31 Å². The lowest BCUT2D eigenvalue weighted by atomic mass is 10.1. The Kier molecular flexibility index (Phi) is 11.1. The van der Waals surface area contributed by atoms with Gasteiger partial charge < -0.3 is 15.0 Å². The van der Waals surface area contributed by atoms with Crippen LogP contribution in [0, 0.1) is 5.82 Å². The van der Waals surface area contributed by atoms with E-state index in [2.05, 4.69) is 5.32 Å². The smallest absolute Gasteiger partial charge is 0.264 e. The van der Waals surface area contributed by atoms with E-state index in [1.54, 1.807) is 38.1 Å². The summed E-state index contributed by atoms with van der Waals surface area (Å²) in [5.74, 6) is -1.16. The molecule has 0 aromatic heterocycles. The molecule has 1 N–H and O–H groups in total. The number of rotatable bonds is 13. The van der Waals surface area contributed by atoms with Crippen molar-refractivity contribution in [2.24, 2.45) is 0 Å². The minimum atomic E-state index is -4.29. The van der Waals surface area contributed by atoms with Gasteiger partial charge in [0.2, 0.25) is 11.8 Å². The second kappa shape index (κ2) is 14.3. The van der Waals surface area contributed by atoms with Crippen LogP contribution in [0.4, 0.5) is 10.1 Å². The number of sulfonamides is 1. The predicted octanol–water partition coefficient (Wildman–Crippen LogP) is 5.41. The van der Waals surface area contributed by atoms with Gasteiger partial charge in [-0.15, -0.1) is 0 Å². The van der Waals surface area contributed by atoms with Crippen LogP contribution in [-0.2, 0) is 26.2 Å². The van der Waals surface area contributed by atoms with Crippen molar-refractivity contribution in [1.82, 2.24) is 10.2 Å². The number of para-hydroxylation sites is 2. The molecule has 0 bridgehead atoms. The standard InChI is InChI=1S/C30H35ClFN3O5S/c1-5-26(30(37)33-21(3)4)34(19-22-11-15-24(32)16-12-22)29(36)20-35(27-9-7-8-10-28(27)40-6-2)41(38,39)25-17-13-23(31)14-18-25/h7-18,21,26H,5-6,19-20H2,1-4H3,(H,33,37)/t26-/m0/s1. The summed E-state index contributed by atoms with van der Waals surface area (Å²) < 4.78 is 48.3. The highest BCUT2D eigenvalue weighted by Crippen LogP contribution is 2.33. The summed E-state index contributed by atoms with van der Waals surface area (Å²) in [6.07, 6.45) is 0.269. The molecule has 0 aliphatic carbocycles. The van der Waals surface area contributed by atoms with Crippen molar-refractivity contribution in [2.45, 2.75) is 57.6 Å². The molecular formula is C30H35ClFN3O5S. The highest BCUT2D eigenvalue weighted by molar-refractivity contribution is 7.92. The monoisotopic (exact) mass is 603 g/mol. The van der Waals surface area contributed by atoms with Gasteiger partial charge in [-0.05, 0) is 81.3 Å². The van der Waals surface area contributed by atoms with Gasteiger partial charge >= 0.3 is 0 Å². The molecule has 0 heterocycles. The van der Waals surface area contributed by atoms with Gasteiger partial charge in [0.1, 0.15) is 24.2 Å². The molecule has 220 valence electrons. The Morgan fingerprint density at radius 2 is 1.61 bits per heavy atom. The zero-order chi connectivity index (χ0) is 30.2. The van der Waals surface area contributed by atoms with E-state index >= 15 is 0 Å². The normalized spacial score (nSPS) is 12.1. The van der Waals surface area contributed by atoms with Crippen LogP contribution in [0.5, 0.6) is 5.75 Å². The topological polar surface area (TPSA) is 96.0 Å². The van der Waals surface area contributed by atoms with Crippen LogP contribution in [0.2, 0.25) is 5.02 Å². The molecule has 0 aliphatic heterocycles. The summed E-state index contributed by atoms with van der Waals surface area (Å²) in [5.41, 5.74) is 0.747. The molecule has 41 heavy (non-hydrogen) atoms. The van der Waals surface area contributed by atoms with E-state index in [9.17, 15) is 22.4 Å². The molecule has 0 saturated heterocycles. The first-order valence-electron chi connectivity index (χ1n) is 13.3. The van der Waals surface area contributed by atoms with Crippen LogP contribution in [0.1, 0.15) is 39.7 Å². The molecule has 0 spiro atoms. The Labute approximate surface area is 246 Å². The first-order chi connectivity index (χ1) is 19.5. The van der Waals surface area contributed by atoms with E-state index in [1.807, 2.05) is 13.8 Å². The fourth-order valence-electron chi connectivity index (χ4n) is 4.27. The summed E-state index contributed by atoms with van der Waals surface area (Å²) >= 11 is 6.00. The van der Waals surface area contributed by atoms with Gasteiger partial charge in [0, 0.05) is 17.6 Å². The number of hydrogen-bond acceptors (Lipinski definition) is 5. The van der Waals surface area contributed by atoms with Crippen molar-refractivity contribution in [3.8, 4) is 5.75 Å². The summed E-state index contributed by atoms with van der Waals surface area (Å²) in [5, 5.41) is 3.19. The molecule has 0 saturated carbocycles. The number of hydrogen-bond donors (Lipinski definition) is 1. The molecule has 0 unspecified atom stereocenters. The van der Waals surface area contributed by atoms with Gasteiger partial charge in [0.15, 0.2) is 0 Å². The van der Waals surface area contributed by atoms with Gasteiger partial charge in [-0.25, -0.2) is 12.8 Å². The third-order valence-electron chi connectivity index (χ3n) is 6.20. The lowest BCUT2D eigenvalue weighted by Gasteiger charge is -2.34. The van der Waals surface area contributed by atoms with Crippen LogP contribution in [0.25, 0.3) is 0 Å². The lowest BCUT2D eigenvalue weighted by Crippen LogP contribution is -2.53. The van der Waals surface area contributed by atoms with Crippen molar-refractivity contribution in [3.63, 3.8) is 0 Å². The van der Waals surface area contributed by atoms with Crippen LogP contribution in [0.15, 0.2) is 77.7 Å². The van der Waals surface area contributed by atoms with Crippen molar-refractivity contribution >= 4 is 39.1 Å². The zero-order valence-electron chi connectivity index (χ0n) is 23.5. The van der Waals surface area contributed by atoms with Gasteiger partial charge in [0.25, 0.3) is 10.0 Å². The maximum Gasteiger partial charge on any atom is 0.264 e. The molecule has 11 heteroatoms. The summed E-state index contributed by atoms with van der Waals surface area (Å²) in [6.45, 7) is 6.76. The third kappa shape index (κ3) is 8.20. The number of amides is 2.